The van der Waals surface area contributed by atoms with Crippen molar-refractivity contribution in [2.24, 2.45) is 11.8 Å². The summed E-state index contributed by atoms with van der Waals surface area (Å²) in [5, 5.41) is 11.1. The first kappa shape index (κ1) is 32.5. The minimum absolute atomic E-state index is 0.0182. The molecule has 226 valence electrons. The summed E-state index contributed by atoms with van der Waals surface area (Å²) in [4.78, 5) is 11.8. The number of allylic oxidation sites excluding steroid dienone is 2. The standard InChI is InChI=1S/C32H56O7/c1-4-5-6-9-13-19-32(36-22-23-37-32)20-18-27-26(15-10-7-8-11-16-30(34)38-25(2)3)28(33)24-29(27)39-31-17-12-14-21-35-31/h7,10,25-29,31,33H,4-6,8-9,11-24H2,1-3H3/b10-7-/t26-,27-,28+,29-,31?/m1/s1. The molecule has 0 bridgehead atoms. The molecule has 3 rings (SSSR count). The molecule has 5 atom stereocenters. The van der Waals surface area contributed by atoms with Crippen molar-refractivity contribution in [3.05, 3.63) is 12.2 Å². The van der Waals surface area contributed by atoms with Crippen LogP contribution in [0.15, 0.2) is 12.2 Å². The lowest BCUT2D eigenvalue weighted by Gasteiger charge is -2.33. The van der Waals surface area contributed by atoms with E-state index in [0.29, 0.717) is 26.1 Å². The number of esters is 1. The average molecular weight is 553 g/mol. The molecule has 2 saturated heterocycles. The molecule has 0 radical (unpaired) electrons. The van der Waals surface area contributed by atoms with Crippen LogP contribution in [0.2, 0.25) is 0 Å². The topological polar surface area (TPSA) is 83.5 Å². The van der Waals surface area contributed by atoms with E-state index in [1.807, 2.05) is 13.8 Å². The summed E-state index contributed by atoms with van der Waals surface area (Å²) < 4.78 is 30.1. The maximum Gasteiger partial charge on any atom is 0.306 e. The molecule has 3 fully saturated rings. The van der Waals surface area contributed by atoms with Crippen molar-refractivity contribution in [2.45, 2.75) is 154 Å². The maximum absolute atomic E-state index is 11.8. The number of aliphatic hydroxyl groups is 1. The Morgan fingerprint density at radius 2 is 1.79 bits per heavy atom. The average Bonchev–Trinajstić information content (AvgIpc) is 3.49. The van der Waals surface area contributed by atoms with Crippen molar-refractivity contribution < 1.29 is 33.6 Å². The Labute approximate surface area is 237 Å². The minimum atomic E-state index is -0.489. The molecule has 1 saturated carbocycles. The van der Waals surface area contributed by atoms with Gasteiger partial charge in [-0.25, -0.2) is 0 Å². The van der Waals surface area contributed by atoms with Crippen molar-refractivity contribution in [3.63, 3.8) is 0 Å². The van der Waals surface area contributed by atoms with Crippen LogP contribution in [0.1, 0.15) is 124 Å². The summed E-state index contributed by atoms with van der Waals surface area (Å²) in [6, 6.07) is 0. The Morgan fingerprint density at radius 3 is 2.51 bits per heavy atom. The van der Waals surface area contributed by atoms with Gasteiger partial charge >= 0.3 is 5.97 Å². The Bertz CT molecular complexity index is 697. The number of unbranched alkanes of at least 4 members (excludes halogenated alkanes) is 5. The van der Waals surface area contributed by atoms with Crippen molar-refractivity contribution in [1.82, 2.24) is 0 Å². The van der Waals surface area contributed by atoms with Gasteiger partial charge in [-0.1, -0.05) is 44.8 Å². The van der Waals surface area contributed by atoms with Gasteiger partial charge in [0.25, 0.3) is 0 Å². The van der Waals surface area contributed by atoms with Crippen LogP contribution < -0.4 is 0 Å². The predicted octanol–water partition coefficient (Wildman–Crippen LogP) is 6.85. The van der Waals surface area contributed by atoms with E-state index in [0.717, 1.165) is 70.8 Å². The molecule has 3 aliphatic rings. The van der Waals surface area contributed by atoms with Crippen molar-refractivity contribution >= 4 is 5.97 Å². The Balaban J connectivity index is 1.56. The van der Waals surface area contributed by atoms with E-state index in [1.165, 1.54) is 25.7 Å². The molecular weight excluding hydrogens is 496 g/mol. The second kappa shape index (κ2) is 17.7. The zero-order valence-electron chi connectivity index (χ0n) is 25.0. The number of hydrogen-bond donors (Lipinski definition) is 1. The molecule has 0 aromatic rings. The first-order valence-corrected chi connectivity index (χ1v) is 16.0. The van der Waals surface area contributed by atoms with Crippen molar-refractivity contribution in [2.75, 3.05) is 19.8 Å². The van der Waals surface area contributed by atoms with Crippen LogP contribution in [0.4, 0.5) is 0 Å². The molecule has 1 N–H and O–H groups in total. The molecule has 0 amide bonds. The maximum atomic E-state index is 11.8. The second-order valence-electron chi connectivity index (χ2n) is 12.0. The number of hydrogen-bond acceptors (Lipinski definition) is 7. The van der Waals surface area contributed by atoms with Crippen LogP contribution >= 0.6 is 0 Å². The number of ether oxygens (including phenoxy) is 5. The van der Waals surface area contributed by atoms with Crippen LogP contribution in [0.25, 0.3) is 0 Å². The van der Waals surface area contributed by atoms with E-state index in [1.54, 1.807) is 0 Å². The van der Waals surface area contributed by atoms with Crippen LogP contribution in [-0.2, 0) is 28.5 Å². The molecule has 0 spiro atoms. The monoisotopic (exact) mass is 552 g/mol. The fourth-order valence-corrected chi connectivity index (χ4v) is 6.40. The minimum Gasteiger partial charge on any atom is -0.463 e. The van der Waals surface area contributed by atoms with Gasteiger partial charge in [0.15, 0.2) is 12.1 Å². The highest BCUT2D eigenvalue weighted by Gasteiger charge is 2.45. The normalized spacial score (nSPS) is 29.0. The van der Waals surface area contributed by atoms with Gasteiger partial charge in [-0.05, 0) is 77.0 Å². The molecule has 7 nitrogen and oxygen atoms in total. The van der Waals surface area contributed by atoms with Gasteiger partial charge < -0.3 is 28.8 Å². The highest BCUT2D eigenvalue weighted by atomic mass is 16.7. The van der Waals surface area contributed by atoms with Gasteiger partial charge in [0.2, 0.25) is 0 Å². The Morgan fingerprint density at radius 1 is 1.00 bits per heavy atom. The van der Waals surface area contributed by atoms with Gasteiger partial charge in [0.1, 0.15) is 0 Å². The predicted molar refractivity (Wildman–Crippen MR) is 152 cm³/mol. The summed E-state index contributed by atoms with van der Waals surface area (Å²) in [6.45, 7) is 8.07. The summed E-state index contributed by atoms with van der Waals surface area (Å²) >= 11 is 0. The number of carbonyl (C=O) groups excluding carboxylic acids is 1. The lowest BCUT2D eigenvalue weighted by atomic mass is 9.84. The molecule has 0 aromatic heterocycles. The fraction of sp³-hybridized carbons (Fsp3) is 0.906. The molecule has 39 heavy (non-hydrogen) atoms. The molecule has 2 aliphatic heterocycles. The van der Waals surface area contributed by atoms with E-state index >= 15 is 0 Å². The van der Waals surface area contributed by atoms with Crippen LogP contribution in [-0.4, -0.2) is 61.3 Å². The van der Waals surface area contributed by atoms with E-state index in [2.05, 4.69) is 19.1 Å². The van der Waals surface area contributed by atoms with Gasteiger partial charge in [-0.3, -0.25) is 4.79 Å². The third-order valence-electron chi connectivity index (χ3n) is 8.49. The number of aliphatic hydroxyl groups excluding tert-OH is 1. The van der Waals surface area contributed by atoms with Gasteiger partial charge in [0, 0.05) is 32.3 Å². The second-order valence-corrected chi connectivity index (χ2v) is 12.0. The van der Waals surface area contributed by atoms with Gasteiger partial charge in [-0.15, -0.1) is 0 Å². The summed E-state index contributed by atoms with van der Waals surface area (Å²) in [6.07, 6.45) is 19.2. The lowest BCUT2D eigenvalue weighted by Crippen LogP contribution is -2.35. The van der Waals surface area contributed by atoms with E-state index in [9.17, 15) is 9.90 Å². The third-order valence-corrected chi connectivity index (χ3v) is 8.49. The van der Waals surface area contributed by atoms with Crippen molar-refractivity contribution in [3.8, 4) is 0 Å². The molecular formula is C32H56O7. The Hall–Kier alpha value is -0.990. The van der Waals surface area contributed by atoms with E-state index < -0.39 is 11.9 Å². The van der Waals surface area contributed by atoms with Crippen LogP contribution in [0.3, 0.4) is 0 Å². The highest BCUT2D eigenvalue weighted by Crippen LogP contribution is 2.43. The number of rotatable bonds is 18. The fourth-order valence-electron chi connectivity index (χ4n) is 6.40. The zero-order valence-corrected chi connectivity index (χ0v) is 25.0. The third kappa shape index (κ3) is 11.4. The molecule has 2 heterocycles. The zero-order chi connectivity index (χ0) is 27.9. The van der Waals surface area contributed by atoms with Gasteiger partial charge in [0.05, 0.1) is 31.5 Å². The summed E-state index contributed by atoms with van der Waals surface area (Å²) in [5.41, 5.74) is 0. The summed E-state index contributed by atoms with van der Waals surface area (Å²) in [7, 11) is 0. The van der Waals surface area contributed by atoms with Crippen LogP contribution in [0, 0.1) is 11.8 Å². The largest absolute Gasteiger partial charge is 0.463 e. The highest BCUT2D eigenvalue weighted by molar-refractivity contribution is 5.69. The van der Waals surface area contributed by atoms with Gasteiger partial charge in [-0.2, -0.15) is 0 Å². The Kier molecular flexibility index (Phi) is 14.8. The molecule has 0 aromatic carbocycles. The SMILES string of the molecule is CCCCCCCC1(CC[C@@H]2[C@@H](C/C=C\CCCC(=O)OC(C)C)[C@@H](O)C[C@H]2OC2CCCCO2)OCCO1. The first-order chi connectivity index (χ1) is 18.9. The molecule has 7 heteroatoms. The van der Waals surface area contributed by atoms with Crippen molar-refractivity contribution in [1.29, 1.82) is 0 Å². The first-order valence-electron chi connectivity index (χ1n) is 16.0. The molecule has 1 unspecified atom stereocenters. The van der Waals surface area contributed by atoms with E-state index in [-0.39, 0.29) is 36.3 Å². The quantitative estimate of drug-likeness (QED) is 0.113. The van der Waals surface area contributed by atoms with E-state index in [4.69, 9.17) is 23.7 Å². The smallest absolute Gasteiger partial charge is 0.306 e. The van der Waals surface area contributed by atoms with Crippen LogP contribution in [0.5, 0.6) is 0 Å². The summed E-state index contributed by atoms with van der Waals surface area (Å²) in [5.74, 6) is -0.272. The lowest BCUT2D eigenvalue weighted by molar-refractivity contribution is -0.201. The number of carbonyl (C=O) groups is 1. The molecule has 1 aliphatic carbocycles.